The maximum Gasteiger partial charge on any atom is 0.151 e. The van der Waals surface area contributed by atoms with Crippen molar-refractivity contribution in [1.82, 2.24) is 4.57 Å². The van der Waals surface area contributed by atoms with E-state index in [9.17, 15) is 9.18 Å². The third-order valence-electron chi connectivity index (χ3n) is 2.99. The molecule has 0 saturated carbocycles. The minimum Gasteiger partial charge on any atom is -0.344 e. The number of nitrogens with zero attached hydrogens (tertiary/aromatic N) is 1. The summed E-state index contributed by atoms with van der Waals surface area (Å²) >= 11 is 0. The second kappa shape index (κ2) is 4.53. The fraction of sp³-hybridized carbons (Fsp3) is 0.214. The molecule has 88 valence electrons. The second-order valence-electron chi connectivity index (χ2n) is 4.16. The summed E-state index contributed by atoms with van der Waals surface area (Å²) in [4.78, 5) is 10.8. The highest BCUT2D eigenvalue weighted by atomic mass is 19.1. The van der Waals surface area contributed by atoms with Crippen molar-refractivity contribution in [3.05, 3.63) is 58.7 Å². The Labute approximate surface area is 99.7 Å². The number of benzene rings is 1. The van der Waals surface area contributed by atoms with Gasteiger partial charge in [0.25, 0.3) is 0 Å². The van der Waals surface area contributed by atoms with Gasteiger partial charge in [0.15, 0.2) is 6.29 Å². The zero-order valence-corrected chi connectivity index (χ0v) is 9.90. The molecule has 0 spiro atoms. The Morgan fingerprint density at radius 2 is 1.88 bits per heavy atom. The lowest BCUT2D eigenvalue weighted by Gasteiger charge is -2.09. The van der Waals surface area contributed by atoms with Crippen molar-refractivity contribution in [3.63, 3.8) is 0 Å². The number of hydrogen-bond acceptors (Lipinski definition) is 1. The molecule has 2 rings (SSSR count). The molecule has 0 bridgehead atoms. The molecule has 0 aliphatic carbocycles. The van der Waals surface area contributed by atoms with Crippen LogP contribution in [0.3, 0.4) is 0 Å². The fourth-order valence-corrected chi connectivity index (χ4v) is 1.96. The molecule has 2 nitrogen and oxygen atoms in total. The van der Waals surface area contributed by atoms with Crippen molar-refractivity contribution in [2.75, 3.05) is 0 Å². The zero-order chi connectivity index (χ0) is 12.4. The molecule has 0 radical (unpaired) electrons. The Morgan fingerprint density at radius 1 is 1.24 bits per heavy atom. The van der Waals surface area contributed by atoms with Crippen LogP contribution in [-0.2, 0) is 6.54 Å². The zero-order valence-electron chi connectivity index (χ0n) is 9.90. The Hall–Kier alpha value is -1.90. The van der Waals surface area contributed by atoms with E-state index >= 15 is 0 Å². The Balaban J connectivity index is 2.32. The summed E-state index contributed by atoms with van der Waals surface area (Å²) in [6.07, 6.45) is 0.865. The predicted molar refractivity (Wildman–Crippen MR) is 64.8 cm³/mol. The maximum absolute atomic E-state index is 12.8. The van der Waals surface area contributed by atoms with Crippen LogP contribution in [-0.4, -0.2) is 10.9 Å². The first-order valence-corrected chi connectivity index (χ1v) is 5.48. The van der Waals surface area contributed by atoms with Crippen molar-refractivity contribution in [1.29, 1.82) is 0 Å². The molecule has 17 heavy (non-hydrogen) atoms. The summed E-state index contributed by atoms with van der Waals surface area (Å²) in [5.41, 5.74) is 3.71. The van der Waals surface area contributed by atoms with Gasteiger partial charge in [-0.25, -0.2) is 4.39 Å². The smallest absolute Gasteiger partial charge is 0.151 e. The quantitative estimate of drug-likeness (QED) is 0.744. The van der Waals surface area contributed by atoms with Gasteiger partial charge in [-0.3, -0.25) is 4.79 Å². The van der Waals surface area contributed by atoms with Gasteiger partial charge in [0.1, 0.15) is 5.82 Å². The fourth-order valence-electron chi connectivity index (χ4n) is 1.96. The van der Waals surface area contributed by atoms with Crippen LogP contribution in [0.5, 0.6) is 0 Å². The van der Waals surface area contributed by atoms with E-state index in [1.807, 2.05) is 19.9 Å². The van der Waals surface area contributed by atoms with Crippen LogP contribution in [0.15, 0.2) is 30.3 Å². The first-order valence-electron chi connectivity index (χ1n) is 5.48. The van der Waals surface area contributed by atoms with Crippen LogP contribution in [0.2, 0.25) is 0 Å². The second-order valence-corrected chi connectivity index (χ2v) is 4.16. The summed E-state index contributed by atoms with van der Waals surface area (Å²) in [6, 6.07) is 8.28. The van der Waals surface area contributed by atoms with Crippen LogP contribution < -0.4 is 0 Å². The van der Waals surface area contributed by atoms with Gasteiger partial charge in [-0.1, -0.05) is 12.1 Å². The third-order valence-corrected chi connectivity index (χ3v) is 2.99. The molecular formula is C14H14FNO. The van der Waals surface area contributed by atoms with Gasteiger partial charge in [-0.2, -0.15) is 0 Å². The Kier molecular flexibility index (Phi) is 3.09. The third kappa shape index (κ3) is 2.28. The highest BCUT2D eigenvalue weighted by molar-refractivity contribution is 5.77. The number of carbonyl (C=O) groups is 1. The van der Waals surface area contributed by atoms with E-state index in [-0.39, 0.29) is 5.82 Å². The van der Waals surface area contributed by atoms with Crippen molar-refractivity contribution in [3.8, 4) is 0 Å². The van der Waals surface area contributed by atoms with Crippen LogP contribution in [0, 0.1) is 19.7 Å². The lowest BCUT2D eigenvalue weighted by molar-refractivity contribution is 0.112. The van der Waals surface area contributed by atoms with E-state index in [1.54, 1.807) is 12.1 Å². The molecule has 1 aromatic carbocycles. The molecule has 1 aromatic heterocycles. The number of aromatic nitrogens is 1. The molecule has 0 unspecified atom stereocenters. The van der Waals surface area contributed by atoms with Gasteiger partial charge < -0.3 is 4.57 Å². The van der Waals surface area contributed by atoms with Crippen molar-refractivity contribution < 1.29 is 9.18 Å². The molecule has 0 saturated heterocycles. The van der Waals surface area contributed by atoms with Crippen LogP contribution in [0.25, 0.3) is 0 Å². The van der Waals surface area contributed by atoms with Gasteiger partial charge in [-0.05, 0) is 37.6 Å². The summed E-state index contributed by atoms with van der Waals surface area (Å²) in [5.74, 6) is -0.233. The summed E-state index contributed by atoms with van der Waals surface area (Å²) < 4.78 is 14.8. The lowest BCUT2D eigenvalue weighted by Crippen LogP contribution is -2.04. The number of halogens is 1. The number of carbonyl (C=O) groups excluding carboxylic acids is 1. The molecule has 2 aromatic rings. The van der Waals surface area contributed by atoms with Gasteiger partial charge in [0, 0.05) is 23.5 Å². The van der Waals surface area contributed by atoms with E-state index in [0.29, 0.717) is 12.1 Å². The van der Waals surface area contributed by atoms with Gasteiger partial charge in [0.05, 0.1) is 0 Å². The molecule has 1 heterocycles. The van der Waals surface area contributed by atoms with E-state index in [1.165, 1.54) is 12.1 Å². The molecule has 0 amide bonds. The molecule has 3 heteroatoms. The SMILES string of the molecule is Cc1cc(C=O)c(C)n1Cc1ccc(F)cc1. The Bertz CT molecular complexity index is 540. The molecule has 0 aliphatic heterocycles. The Morgan fingerprint density at radius 3 is 2.41 bits per heavy atom. The lowest BCUT2D eigenvalue weighted by atomic mass is 10.2. The summed E-state index contributed by atoms with van der Waals surface area (Å²) in [5, 5.41) is 0. The minimum atomic E-state index is -0.233. The summed E-state index contributed by atoms with van der Waals surface area (Å²) in [6.45, 7) is 4.54. The number of hydrogen-bond donors (Lipinski definition) is 0. The van der Waals surface area contributed by atoms with Gasteiger partial charge >= 0.3 is 0 Å². The maximum atomic E-state index is 12.8. The molecule has 0 fully saturated rings. The van der Waals surface area contributed by atoms with Gasteiger partial charge in [-0.15, -0.1) is 0 Å². The van der Waals surface area contributed by atoms with E-state index in [2.05, 4.69) is 4.57 Å². The topological polar surface area (TPSA) is 22.0 Å². The van der Waals surface area contributed by atoms with Crippen molar-refractivity contribution in [2.45, 2.75) is 20.4 Å². The summed E-state index contributed by atoms with van der Waals surface area (Å²) in [7, 11) is 0. The van der Waals surface area contributed by atoms with Crippen molar-refractivity contribution in [2.24, 2.45) is 0 Å². The number of aryl methyl sites for hydroxylation is 1. The average molecular weight is 231 g/mol. The first kappa shape index (κ1) is 11.6. The first-order chi connectivity index (χ1) is 8.11. The molecule has 0 atom stereocenters. The van der Waals surface area contributed by atoms with Gasteiger partial charge in [0.2, 0.25) is 0 Å². The highest BCUT2D eigenvalue weighted by Gasteiger charge is 2.08. The molecule has 0 aliphatic rings. The van der Waals surface area contributed by atoms with Crippen LogP contribution in [0.4, 0.5) is 4.39 Å². The number of aldehydes is 1. The van der Waals surface area contributed by atoms with Crippen molar-refractivity contribution >= 4 is 6.29 Å². The van der Waals surface area contributed by atoms with E-state index in [4.69, 9.17) is 0 Å². The van der Waals surface area contributed by atoms with E-state index < -0.39 is 0 Å². The normalized spacial score (nSPS) is 10.5. The van der Waals surface area contributed by atoms with Crippen LogP contribution >= 0.6 is 0 Å². The highest BCUT2D eigenvalue weighted by Crippen LogP contribution is 2.15. The molecular weight excluding hydrogens is 217 g/mol. The van der Waals surface area contributed by atoms with E-state index in [0.717, 1.165) is 23.2 Å². The molecule has 0 N–H and O–H groups in total. The minimum absolute atomic E-state index is 0.233. The predicted octanol–water partition coefficient (Wildman–Crippen LogP) is 3.10. The monoisotopic (exact) mass is 231 g/mol. The standard InChI is InChI=1S/C14H14FNO/c1-10-7-13(9-17)11(2)16(10)8-12-3-5-14(15)6-4-12/h3-7,9H,8H2,1-2H3. The van der Waals surface area contributed by atoms with Crippen LogP contribution in [0.1, 0.15) is 27.3 Å². The average Bonchev–Trinajstić information content (AvgIpc) is 2.59. The number of rotatable bonds is 3. The largest absolute Gasteiger partial charge is 0.344 e.